The number of hydrogen-bond acceptors (Lipinski definition) is 11. The second-order valence-electron chi connectivity index (χ2n) is 12.4. The van der Waals surface area contributed by atoms with Crippen LogP contribution in [0.4, 0.5) is 0 Å². The van der Waals surface area contributed by atoms with Crippen molar-refractivity contribution in [2.24, 2.45) is 0 Å². The van der Waals surface area contributed by atoms with Crippen molar-refractivity contribution in [3.05, 3.63) is 82.7 Å². The molecule has 4 aromatic carbocycles. The first-order valence-electron chi connectivity index (χ1n) is 16.5. The Kier molecular flexibility index (Phi) is 8.99. The lowest BCUT2D eigenvalue weighted by molar-refractivity contribution is 0.103. The van der Waals surface area contributed by atoms with Gasteiger partial charge in [0.25, 0.3) is 0 Å². The number of ketones is 1. The third-order valence-corrected chi connectivity index (χ3v) is 9.90. The second-order valence-corrected chi connectivity index (χ2v) is 12.4. The number of pyridine rings is 1. The summed E-state index contributed by atoms with van der Waals surface area (Å²) in [5, 5.41) is 1.50. The zero-order valence-corrected chi connectivity index (χ0v) is 30.0. The molecular formula is C40H40N2O9. The summed E-state index contributed by atoms with van der Waals surface area (Å²) >= 11 is 0. The van der Waals surface area contributed by atoms with Crippen LogP contribution in [0.2, 0.25) is 0 Å². The van der Waals surface area contributed by atoms with E-state index in [-0.39, 0.29) is 11.8 Å². The summed E-state index contributed by atoms with van der Waals surface area (Å²) in [5.41, 5.74) is 5.25. The van der Waals surface area contributed by atoms with Crippen LogP contribution in [0.15, 0.2) is 54.7 Å². The summed E-state index contributed by atoms with van der Waals surface area (Å²) in [6.45, 7) is 0.855. The van der Waals surface area contributed by atoms with E-state index in [1.165, 1.54) is 5.56 Å². The molecule has 5 aromatic rings. The van der Waals surface area contributed by atoms with E-state index >= 15 is 0 Å². The Labute approximate surface area is 296 Å². The van der Waals surface area contributed by atoms with Crippen LogP contribution >= 0.6 is 0 Å². The normalized spacial score (nSPS) is 14.7. The number of hydrogen-bond donors (Lipinski definition) is 0. The molecule has 0 fully saturated rings. The van der Waals surface area contributed by atoms with Gasteiger partial charge in [-0.25, -0.2) is 0 Å². The molecule has 2 heterocycles. The zero-order chi connectivity index (χ0) is 36.0. The maximum atomic E-state index is 14.1. The summed E-state index contributed by atoms with van der Waals surface area (Å²) in [6.07, 6.45) is 3.07. The van der Waals surface area contributed by atoms with Crippen LogP contribution in [-0.2, 0) is 12.8 Å². The van der Waals surface area contributed by atoms with E-state index in [0.29, 0.717) is 85.9 Å². The minimum absolute atomic E-state index is 0.0217. The van der Waals surface area contributed by atoms with Crippen LogP contribution in [0.3, 0.4) is 0 Å². The van der Waals surface area contributed by atoms with Gasteiger partial charge in [-0.3, -0.25) is 14.7 Å². The number of carbonyl (C=O) groups is 1. The molecule has 0 amide bonds. The number of ether oxygens (including phenoxy) is 8. The van der Waals surface area contributed by atoms with Gasteiger partial charge in [-0.1, -0.05) is 0 Å². The fourth-order valence-electron chi connectivity index (χ4n) is 7.31. The number of carbonyl (C=O) groups excluding carboxylic acids is 1. The summed E-state index contributed by atoms with van der Waals surface area (Å²) < 4.78 is 47.0. The molecule has 0 N–H and O–H groups in total. The molecule has 0 spiro atoms. The number of nitrogens with zero attached hydrogens (tertiary/aromatic N) is 2. The standard InChI is InChI=1S/C40H40N2O9/c1-42-12-10-21-14-29(44-2)31(46-4)17-24(21)27(42)13-23-16-30(45-3)33(48-6)20-28(23)51-34-19-26-25(18-32(34)47-5)37-36-22(9-11-41-38(36)39(26)43)15-35(49-7)40(37)50-8/h9,11,14-20,27H,10,12-13H2,1-8H3/t27-/m0/s1. The lowest BCUT2D eigenvalue weighted by atomic mass is 9.84. The van der Waals surface area contributed by atoms with Crippen LogP contribution in [-0.4, -0.2) is 79.0 Å². The SMILES string of the molecule is COc1cc(C[C@H]2c3cc(OC)c(OC)cc3CCN2C)c(Oc2cc3c(cc2OC)-c2c(OC)c(OC)cc4ccnc(c24)C3=O)cc1OC. The largest absolute Gasteiger partial charge is 0.493 e. The number of likely N-dealkylation sites (N-methyl/N-ethyl adjacent to an activating group) is 1. The first kappa shape index (κ1) is 33.8. The molecule has 1 atom stereocenters. The van der Waals surface area contributed by atoms with Gasteiger partial charge in [-0.2, -0.15) is 0 Å². The minimum Gasteiger partial charge on any atom is -0.493 e. The van der Waals surface area contributed by atoms with E-state index < -0.39 is 0 Å². The molecule has 0 bridgehead atoms. The highest BCUT2D eigenvalue weighted by Gasteiger charge is 2.34. The fraction of sp³-hybridized carbons (Fsp3) is 0.300. The number of methoxy groups -OCH3 is 7. The fourth-order valence-corrected chi connectivity index (χ4v) is 7.31. The van der Waals surface area contributed by atoms with Crippen LogP contribution in [0.1, 0.15) is 38.8 Å². The lowest BCUT2D eigenvalue weighted by Gasteiger charge is -2.35. The zero-order valence-electron chi connectivity index (χ0n) is 30.0. The third-order valence-electron chi connectivity index (χ3n) is 9.90. The van der Waals surface area contributed by atoms with Gasteiger partial charge >= 0.3 is 0 Å². The number of benzene rings is 4. The van der Waals surface area contributed by atoms with Gasteiger partial charge in [-0.05, 0) is 78.9 Å². The minimum atomic E-state index is -0.236. The van der Waals surface area contributed by atoms with Gasteiger partial charge in [0.05, 0.1) is 49.8 Å². The van der Waals surface area contributed by atoms with Gasteiger partial charge < -0.3 is 37.9 Å². The van der Waals surface area contributed by atoms with Crippen molar-refractivity contribution >= 4 is 16.6 Å². The Balaban J connectivity index is 1.36. The first-order chi connectivity index (χ1) is 24.8. The van der Waals surface area contributed by atoms with Crippen molar-refractivity contribution in [1.29, 1.82) is 0 Å². The molecule has 11 nitrogen and oxygen atoms in total. The van der Waals surface area contributed by atoms with E-state index in [1.807, 2.05) is 18.2 Å². The number of aromatic nitrogens is 1. The highest BCUT2D eigenvalue weighted by atomic mass is 16.5. The van der Waals surface area contributed by atoms with E-state index in [0.717, 1.165) is 29.5 Å². The predicted molar refractivity (Wildman–Crippen MR) is 192 cm³/mol. The highest BCUT2D eigenvalue weighted by Crippen LogP contribution is 2.52. The highest BCUT2D eigenvalue weighted by molar-refractivity contribution is 6.26. The average Bonchev–Trinajstić information content (AvgIpc) is 3.16. The van der Waals surface area contributed by atoms with Gasteiger partial charge in [-0.15, -0.1) is 0 Å². The van der Waals surface area contributed by atoms with Crippen LogP contribution in [0, 0.1) is 0 Å². The third kappa shape index (κ3) is 5.58. The second kappa shape index (κ2) is 13.6. The number of fused-ring (bicyclic) bond motifs is 3. The Morgan fingerprint density at radius 3 is 2.00 bits per heavy atom. The lowest BCUT2D eigenvalue weighted by Crippen LogP contribution is -2.33. The summed E-state index contributed by atoms with van der Waals surface area (Å²) in [5.74, 6) is 4.52. The van der Waals surface area contributed by atoms with Crippen molar-refractivity contribution < 1.29 is 42.7 Å². The Morgan fingerprint density at radius 2 is 1.31 bits per heavy atom. The molecular weight excluding hydrogens is 652 g/mol. The van der Waals surface area contributed by atoms with Crippen molar-refractivity contribution in [2.45, 2.75) is 18.9 Å². The smallest absolute Gasteiger partial charge is 0.212 e. The molecule has 1 aromatic heterocycles. The molecule has 0 unspecified atom stereocenters. The molecule has 2 aliphatic rings. The average molecular weight is 693 g/mol. The maximum absolute atomic E-state index is 14.1. The van der Waals surface area contributed by atoms with Crippen molar-refractivity contribution in [3.8, 4) is 62.9 Å². The molecule has 11 heteroatoms. The van der Waals surface area contributed by atoms with Gasteiger partial charge in [0.15, 0.2) is 46.0 Å². The van der Waals surface area contributed by atoms with Crippen molar-refractivity contribution in [2.75, 3.05) is 63.4 Å². The van der Waals surface area contributed by atoms with E-state index in [1.54, 1.807) is 74.2 Å². The monoisotopic (exact) mass is 692 g/mol. The molecule has 51 heavy (non-hydrogen) atoms. The molecule has 0 saturated heterocycles. The summed E-state index contributed by atoms with van der Waals surface area (Å²) in [6, 6.07) is 15.1. The molecule has 1 aliphatic heterocycles. The van der Waals surface area contributed by atoms with Crippen molar-refractivity contribution in [1.82, 2.24) is 9.88 Å². The van der Waals surface area contributed by atoms with Gasteiger partial charge in [0.1, 0.15) is 11.4 Å². The molecule has 0 saturated carbocycles. The quantitative estimate of drug-likeness (QED) is 0.139. The maximum Gasteiger partial charge on any atom is 0.212 e. The van der Waals surface area contributed by atoms with E-state index in [9.17, 15) is 4.79 Å². The summed E-state index contributed by atoms with van der Waals surface area (Å²) in [4.78, 5) is 20.9. The van der Waals surface area contributed by atoms with Crippen LogP contribution in [0.5, 0.6) is 51.7 Å². The van der Waals surface area contributed by atoms with E-state index in [4.69, 9.17) is 37.9 Å². The van der Waals surface area contributed by atoms with Crippen LogP contribution in [0.25, 0.3) is 21.9 Å². The molecule has 1 aliphatic carbocycles. The first-order valence-corrected chi connectivity index (χ1v) is 16.5. The molecule has 264 valence electrons. The Hall–Kier alpha value is -5.68. The van der Waals surface area contributed by atoms with Crippen LogP contribution < -0.4 is 37.9 Å². The predicted octanol–water partition coefficient (Wildman–Crippen LogP) is 7.07. The Morgan fingerprint density at radius 1 is 0.686 bits per heavy atom. The van der Waals surface area contributed by atoms with Gasteiger partial charge in [0.2, 0.25) is 5.78 Å². The van der Waals surface area contributed by atoms with Gasteiger partial charge in [0, 0.05) is 52.5 Å². The number of rotatable bonds is 11. The molecule has 7 rings (SSSR count). The van der Waals surface area contributed by atoms with E-state index in [2.05, 4.69) is 29.1 Å². The topological polar surface area (TPSA) is 107 Å². The van der Waals surface area contributed by atoms with Crippen molar-refractivity contribution in [3.63, 3.8) is 0 Å². The Bertz CT molecular complexity index is 2180. The summed E-state index contributed by atoms with van der Waals surface area (Å²) in [7, 11) is 13.3. The molecule has 0 radical (unpaired) electrons.